The van der Waals surface area contributed by atoms with Gasteiger partial charge in [0.1, 0.15) is 0 Å². The van der Waals surface area contributed by atoms with Crippen LogP contribution in [-0.2, 0) is 4.79 Å². The molecule has 0 unspecified atom stereocenters. The Morgan fingerprint density at radius 2 is 2.27 bits per heavy atom. The van der Waals surface area contributed by atoms with E-state index in [-0.39, 0.29) is 5.88 Å². The summed E-state index contributed by atoms with van der Waals surface area (Å²) in [5.74, 6) is 0.121. The molecule has 0 saturated carbocycles. The van der Waals surface area contributed by atoms with E-state index in [0.29, 0.717) is 12.1 Å². The van der Waals surface area contributed by atoms with E-state index in [0.717, 1.165) is 16.5 Å². The molecule has 1 heterocycles. The SMILES string of the molecule is C=C(NC=O)c1ccc2[nH]c(O)cc2c1. The molecule has 0 radical (unpaired) electrons. The first kappa shape index (κ1) is 9.33. The maximum absolute atomic E-state index is 10.2. The zero-order valence-corrected chi connectivity index (χ0v) is 7.95. The largest absolute Gasteiger partial charge is 0.495 e. The number of benzene rings is 1. The Kier molecular flexibility index (Phi) is 2.17. The van der Waals surface area contributed by atoms with Gasteiger partial charge in [-0.1, -0.05) is 12.6 Å². The molecule has 15 heavy (non-hydrogen) atoms. The summed E-state index contributed by atoms with van der Waals surface area (Å²) in [4.78, 5) is 13.0. The van der Waals surface area contributed by atoms with E-state index in [1.807, 2.05) is 18.2 Å². The Morgan fingerprint density at radius 3 is 3.00 bits per heavy atom. The highest BCUT2D eigenvalue weighted by Crippen LogP contribution is 2.22. The Bertz CT molecular complexity index is 528. The molecule has 0 fully saturated rings. The monoisotopic (exact) mass is 202 g/mol. The number of fused-ring (bicyclic) bond motifs is 1. The maximum atomic E-state index is 10.2. The number of carbonyl (C=O) groups excluding carboxylic acids is 1. The van der Waals surface area contributed by atoms with Gasteiger partial charge >= 0.3 is 0 Å². The highest BCUT2D eigenvalue weighted by molar-refractivity contribution is 5.86. The molecular formula is C11H10N2O2. The van der Waals surface area contributed by atoms with Crippen LogP contribution >= 0.6 is 0 Å². The quantitative estimate of drug-likeness (QED) is 0.662. The van der Waals surface area contributed by atoms with Gasteiger partial charge < -0.3 is 15.4 Å². The van der Waals surface area contributed by atoms with Crippen LogP contribution in [-0.4, -0.2) is 16.5 Å². The lowest BCUT2D eigenvalue weighted by Gasteiger charge is -2.03. The van der Waals surface area contributed by atoms with Gasteiger partial charge in [-0.3, -0.25) is 4.79 Å². The number of aromatic nitrogens is 1. The molecule has 0 saturated heterocycles. The predicted octanol–water partition coefficient (Wildman–Crippen LogP) is 1.59. The van der Waals surface area contributed by atoms with Crippen LogP contribution in [0.3, 0.4) is 0 Å². The van der Waals surface area contributed by atoms with Gasteiger partial charge in [0, 0.05) is 22.7 Å². The number of carbonyl (C=O) groups is 1. The molecule has 2 rings (SSSR count). The number of rotatable bonds is 3. The molecule has 0 aliphatic heterocycles. The number of aromatic hydroxyl groups is 1. The van der Waals surface area contributed by atoms with E-state index in [2.05, 4.69) is 16.9 Å². The van der Waals surface area contributed by atoms with Crippen LogP contribution in [0.1, 0.15) is 5.56 Å². The van der Waals surface area contributed by atoms with Crippen molar-refractivity contribution in [2.24, 2.45) is 0 Å². The topological polar surface area (TPSA) is 65.1 Å². The molecular weight excluding hydrogens is 192 g/mol. The van der Waals surface area contributed by atoms with Gasteiger partial charge in [0.2, 0.25) is 6.41 Å². The molecule has 2 aromatic rings. The number of aromatic amines is 1. The van der Waals surface area contributed by atoms with Crippen molar-refractivity contribution in [2.45, 2.75) is 0 Å². The van der Waals surface area contributed by atoms with Gasteiger partial charge in [0.15, 0.2) is 5.88 Å². The smallest absolute Gasteiger partial charge is 0.211 e. The fourth-order valence-corrected chi connectivity index (χ4v) is 1.46. The second-order valence-electron chi connectivity index (χ2n) is 3.20. The van der Waals surface area contributed by atoms with Crippen molar-refractivity contribution in [3.05, 3.63) is 36.4 Å². The minimum absolute atomic E-state index is 0.121. The van der Waals surface area contributed by atoms with Crippen LogP contribution in [0.4, 0.5) is 0 Å². The number of amides is 1. The van der Waals surface area contributed by atoms with E-state index in [1.54, 1.807) is 6.07 Å². The lowest BCUT2D eigenvalue weighted by molar-refractivity contribution is -0.108. The molecule has 76 valence electrons. The third-order valence-corrected chi connectivity index (χ3v) is 2.19. The van der Waals surface area contributed by atoms with E-state index >= 15 is 0 Å². The minimum atomic E-state index is 0.121. The number of hydrogen-bond donors (Lipinski definition) is 3. The number of hydrogen-bond acceptors (Lipinski definition) is 2. The Labute approximate surface area is 86.2 Å². The fourth-order valence-electron chi connectivity index (χ4n) is 1.46. The third kappa shape index (κ3) is 1.69. The zero-order valence-electron chi connectivity index (χ0n) is 7.95. The molecule has 0 bridgehead atoms. The molecule has 0 spiro atoms. The van der Waals surface area contributed by atoms with Crippen LogP contribution in [0.25, 0.3) is 16.6 Å². The van der Waals surface area contributed by atoms with Crippen LogP contribution in [0.5, 0.6) is 5.88 Å². The Morgan fingerprint density at radius 1 is 1.47 bits per heavy atom. The van der Waals surface area contributed by atoms with Crippen LogP contribution in [0.15, 0.2) is 30.8 Å². The lowest BCUT2D eigenvalue weighted by Crippen LogP contribution is -2.07. The first-order valence-electron chi connectivity index (χ1n) is 4.42. The van der Waals surface area contributed by atoms with Crippen molar-refractivity contribution >= 4 is 23.0 Å². The second-order valence-corrected chi connectivity index (χ2v) is 3.20. The summed E-state index contributed by atoms with van der Waals surface area (Å²) in [6.07, 6.45) is 0.584. The summed E-state index contributed by atoms with van der Waals surface area (Å²) in [6.45, 7) is 3.71. The third-order valence-electron chi connectivity index (χ3n) is 2.19. The van der Waals surface area contributed by atoms with Crippen molar-refractivity contribution in [1.29, 1.82) is 0 Å². The maximum Gasteiger partial charge on any atom is 0.211 e. The molecule has 0 atom stereocenters. The summed E-state index contributed by atoms with van der Waals surface area (Å²) in [5.41, 5.74) is 2.19. The molecule has 4 nitrogen and oxygen atoms in total. The molecule has 1 amide bonds. The number of H-pyrrole nitrogens is 1. The molecule has 0 aliphatic carbocycles. The molecule has 0 aliphatic rings. The zero-order chi connectivity index (χ0) is 10.8. The Balaban J connectivity index is 2.46. The summed E-state index contributed by atoms with van der Waals surface area (Å²) in [6, 6.07) is 7.09. The van der Waals surface area contributed by atoms with Crippen molar-refractivity contribution in [2.75, 3.05) is 0 Å². The lowest BCUT2D eigenvalue weighted by atomic mass is 10.1. The summed E-state index contributed by atoms with van der Waals surface area (Å²) < 4.78 is 0. The van der Waals surface area contributed by atoms with Crippen LogP contribution < -0.4 is 5.32 Å². The summed E-state index contributed by atoms with van der Waals surface area (Å²) in [7, 11) is 0. The van der Waals surface area contributed by atoms with Crippen LogP contribution in [0.2, 0.25) is 0 Å². The van der Waals surface area contributed by atoms with Crippen molar-refractivity contribution in [3.8, 4) is 5.88 Å². The van der Waals surface area contributed by atoms with E-state index in [4.69, 9.17) is 0 Å². The fraction of sp³-hybridized carbons (Fsp3) is 0. The van der Waals surface area contributed by atoms with Gasteiger partial charge in [-0.05, 0) is 17.7 Å². The highest BCUT2D eigenvalue weighted by atomic mass is 16.3. The first-order valence-corrected chi connectivity index (χ1v) is 4.42. The second kappa shape index (κ2) is 3.49. The average Bonchev–Trinajstić information content (AvgIpc) is 2.57. The molecule has 1 aromatic heterocycles. The molecule has 3 N–H and O–H groups in total. The predicted molar refractivity (Wildman–Crippen MR) is 58.2 cm³/mol. The van der Waals surface area contributed by atoms with Crippen molar-refractivity contribution < 1.29 is 9.90 Å². The summed E-state index contributed by atoms with van der Waals surface area (Å²) >= 11 is 0. The van der Waals surface area contributed by atoms with Gasteiger partial charge in [-0.2, -0.15) is 0 Å². The van der Waals surface area contributed by atoms with Gasteiger partial charge in [0.25, 0.3) is 0 Å². The van der Waals surface area contributed by atoms with E-state index < -0.39 is 0 Å². The minimum Gasteiger partial charge on any atom is -0.495 e. The van der Waals surface area contributed by atoms with Crippen molar-refractivity contribution in [3.63, 3.8) is 0 Å². The Hall–Kier alpha value is -2.23. The highest BCUT2D eigenvalue weighted by Gasteiger charge is 2.02. The van der Waals surface area contributed by atoms with Gasteiger partial charge in [0.05, 0.1) is 0 Å². The average molecular weight is 202 g/mol. The van der Waals surface area contributed by atoms with Crippen molar-refractivity contribution in [1.82, 2.24) is 10.3 Å². The molecule has 4 heteroatoms. The van der Waals surface area contributed by atoms with Crippen LogP contribution in [0, 0.1) is 0 Å². The normalized spacial score (nSPS) is 10.1. The first-order chi connectivity index (χ1) is 7.20. The molecule has 1 aromatic carbocycles. The van der Waals surface area contributed by atoms with Gasteiger partial charge in [-0.15, -0.1) is 0 Å². The standard InChI is InChI=1S/C11H10N2O2/c1-7(12-6-14)8-2-3-10-9(4-8)5-11(15)13-10/h2-6,13,15H,1H2,(H,12,14). The van der Waals surface area contributed by atoms with Gasteiger partial charge in [-0.25, -0.2) is 0 Å². The van der Waals surface area contributed by atoms with E-state index in [1.165, 1.54) is 0 Å². The summed E-state index contributed by atoms with van der Waals surface area (Å²) in [5, 5.41) is 12.6. The number of nitrogens with one attached hydrogen (secondary N) is 2. The van der Waals surface area contributed by atoms with E-state index in [9.17, 15) is 9.90 Å².